The number of carboxylic acids is 1. The number of amides is 6. The van der Waals surface area contributed by atoms with Crippen molar-refractivity contribution in [1.29, 1.82) is 0 Å². The van der Waals surface area contributed by atoms with Gasteiger partial charge in [-0.05, 0) is 43.1 Å². The average Bonchev–Trinajstić information content (AvgIpc) is 3.04. The number of carbonyl (C=O) groups excluding carboxylic acids is 6. The molecule has 1 aromatic carbocycles. The fourth-order valence-electron chi connectivity index (χ4n) is 5.02. The Morgan fingerprint density at radius 3 is 1.61 bits per heavy atom. The van der Waals surface area contributed by atoms with Crippen molar-refractivity contribution in [3.8, 4) is 0 Å². The zero-order valence-corrected chi connectivity index (χ0v) is 30.1. The number of benzene rings is 1. The lowest BCUT2D eigenvalue weighted by atomic mass is 9.98. The molecule has 284 valence electrons. The topological polar surface area (TPSA) is 290 Å². The molecule has 5 atom stereocenters. The van der Waals surface area contributed by atoms with Gasteiger partial charge in [0.25, 0.3) is 0 Å². The molecule has 0 aromatic heterocycles. The fourth-order valence-corrected chi connectivity index (χ4v) is 5.02. The standard InChI is InChI=1S/C34H55N9O8/c1-6-28(45)39-25(17-21-11-8-7-9-12-21)32(49)42-24(16-20(4)5)31(48)41-23(15-19(2)3)30(47)40-22(13-10-14-38-34(36)37)29(46)43-26(33(50)51)18-27(35)44/h7-9,11-12,19-20,22-26H,6,10,13-18H2,1-5H3,(H2,35,44)(H,39,45)(H,40,47)(H,41,48)(H,42,49)(H,43,46)(H,50,51)(H4,36,37,38)/t22-,23-,24-,25-,26-/m0/s1. The third-order valence-corrected chi connectivity index (χ3v) is 7.53. The number of hydrogen-bond donors (Lipinski definition) is 9. The van der Waals surface area contributed by atoms with E-state index in [1.54, 1.807) is 6.92 Å². The van der Waals surface area contributed by atoms with E-state index < -0.39 is 72.1 Å². The quantitative estimate of drug-likeness (QED) is 0.0385. The Hall–Kier alpha value is -5.22. The molecule has 0 heterocycles. The summed E-state index contributed by atoms with van der Waals surface area (Å²) in [6.45, 7) is 9.12. The maximum atomic E-state index is 13.8. The fraction of sp³-hybridized carbons (Fsp3) is 0.588. The number of carboxylic acid groups (broad SMARTS) is 1. The summed E-state index contributed by atoms with van der Waals surface area (Å²) in [4.78, 5) is 93.5. The van der Waals surface area contributed by atoms with E-state index in [9.17, 15) is 38.7 Å². The largest absolute Gasteiger partial charge is 0.480 e. The van der Waals surface area contributed by atoms with Gasteiger partial charge in [0.2, 0.25) is 35.4 Å². The van der Waals surface area contributed by atoms with Crippen LogP contribution in [-0.4, -0.2) is 89.2 Å². The van der Waals surface area contributed by atoms with Crippen LogP contribution >= 0.6 is 0 Å². The maximum absolute atomic E-state index is 13.8. The molecule has 0 spiro atoms. The van der Waals surface area contributed by atoms with E-state index in [1.807, 2.05) is 58.0 Å². The summed E-state index contributed by atoms with van der Waals surface area (Å²) in [6, 6.07) is 2.91. The van der Waals surface area contributed by atoms with Crippen molar-refractivity contribution in [3.05, 3.63) is 35.9 Å². The van der Waals surface area contributed by atoms with Crippen LogP contribution in [0.1, 0.15) is 78.7 Å². The first-order valence-corrected chi connectivity index (χ1v) is 17.0. The predicted molar refractivity (Wildman–Crippen MR) is 190 cm³/mol. The van der Waals surface area contributed by atoms with Crippen LogP contribution in [-0.2, 0) is 40.0 Å². The average molecular weight is 718 g/mol. The zero-order valence-electron chi connectivity index (χ0n) is 30.1. The molecule has 6 amide bonds. The second-order valence-electron chi connectivity index (χ2n) is 13.1. The summed E-state index contributed by atoms with van der Waals surface area (Å²) in [7, 11) is 0. The number of nitrogens with one attached hydrogen (secondary N) is 5. The van der Waals surface area contributed by atoms with Crippen molar-refractivity contribution in [2.45, 2.75) is 110 Å². The van der Waals surface area contributed by atoms with Crippen LogP contribution in [0.25, 0.3) is 0 Å². The molecule has 17 heteroatoms. The molecule has 0 aliphatic rings. The van der Waals surface area contributed by atoms with Gasteiger partial charge in [-0.1, -0.05) is 65.0 Å². The summed E-state index contributed by atoms with van der Waals surface area (Å²) in [5.74, 6) is -6.04. The molecule has 1 aromatic rings. The summed E-state index contributed by atoms with van der Waals surface area (Å²) in [5.41, 5.74) is 16.7. The van der Waals surface area contributed by atoms with Gasteiger partial charge in [0.1, 0.15) is 30.2 Å². The highest BCUT2D eigenvalue weighted by atomic mass is 16.4. The molecule has 0 fully saturated rings. The van der Waals surface area contributed by atoms with E-state index in [4.69, 9.17) is 17.2 Å². The smallest absolute Gasteiger partial charge is 0.326 e. The number of carbonyl (C=O) groups is 7. The summed E-state index contributed by atoms with van der Waals surface area (Å²) >= 11 is 0. The Morgan fingerprint density at radius 1 is 0.686 bits per heavy atom. The van der Waals surface area contributed by atoms with E-state index in [1.165, 1.54) is 0 Å². The van der Waals surface area contributed by atoms with Crippen molar-refractivity contribution >= 4 is 47.4 Å². The molecule has 0 saturated heterocycles. The van der Waals surface area contributed by atoms with Gasteiger partial charge in [0, 0.05) is 19.4 Å². The second-order valence-corrected chi connectivity index (χ2v) is 13.1. The SMILES string of the molecule is CCC(=O)N[C@@H](Cc1ccccc1)C(=O)N[C@@H](CC(C)C)C(=O)N[C@@H](CC(C)C)C(=O)N[C@@H](CCCN=C(N)N)C(=O)N[C@@H](CC(N)=O)C(=O)O. The molecule has 17 nitrogen and oxygen atoms in total. The molecule has 0 bridgehead atoms. The van der Waals surface area contributed by atoms with Crippen LogP contribution in [0, 0.1) is 11.8 Å². The first-order chi connectivity index (χ1) is 23.9. The molecule has 0 saturated carbocycles. The van der Waals surface area contributed by atoms with Gasteiger partial charge in [-0.2, -0.15) is 0 Å². The Balaban J connectivity index is 3.29. The van der Waals surface area contributed by atoms with E-state index in [2.05, 4.69) is 31.6 Å². The van der Waals surface area contributed by atoms with Gasteiger partial charge in [-0.15, -0.1) is 0 Å². The minimum absolute atomic E-state index is 0.0298. The Bertz CT molecular complexity index is 1370. The van der Waals surface area contributed by atoms with Crippen LogP contribution in [0.15, 0.2) is 35.3 Å². The number of nitrogens with two attached hydrogens (primary N) is 3. The van der Waals surface area contributed by atoms with Gasteiger partial charge in [-0.3, -0.25) is 33.8 Å². The van der Waals surface area contributed by atoms with Crippen molar-refractivity contribution in [1.82, 2.24) is 26.6 Å². The molecule has 51 heavy (non-hydrogen) atoms. The lowest BCUT2D eigenvalue weighted by Crippen LogP contribution is -2.59. The van der Waals surface area contributed by atoms with Crippen molar-refractivity contribution in [3.63, 3.8) is 0 Å². The Kier molecular flexibility index (Phi) is 19.3. The van der Waals surface area contributed by atoms with Crippen molar-refractivity contribution < 1.29 is 38.7 Å². The van der Waals surface area contributed by atoms with Crippen LogP contribution in [0.4, 0.5) is 0 Å². The highest BCUT2D eigenvalue weighted by molar-refractivity contribution is 5.96. The number of nitrogens with zero attached hydrogens (tertiary/aromatic N) is 1. The summed E-state index contributed by atoms with van der Waals surface area (Å²) < 4.78 is 0. The number of hydrogen-bond acceptors (Lipinski definition) is 8. The van der Waals surface area contributed by atoms with Crippen LogP contribution in [0.2, 0.25) is 0 Å². The first kappa shape index (κ1) is 43.8. The summed E-state index contributed by atoms with van der Waals surface area (Å²) in [6.07, 6.45) is 0.172. The molecule has 1 rings (SSSR count). The molecule has 0 aliphatic heterocycles. The third kappa shape index (κ3) is 17.8. The monoisotopic (exact) mass is 717 g/mol. The minimum Gasteiger partial charge on any atom is -0.480 e. The lowest BCUT2D eigenvalue weighted by Gasteiger charge is -2.28. The normalized spacial score (nSPS) is 13.9. The van der Waals surface area contributed by atoms with E-state index in [0.29, 0.717) is 0 Å². The Labute approximate surface area is 298 Å². The molecule has 0 radical (unpaired) electrons. The van der Waals surface area contributed by atoms with E-state index >= 15 is 0 Å². The maximum Gasteiger partial charge on any atom is 0.326 e. The lowest BCUT2D eigenvalue weighted by molar-refractivity contribution is -0.143. The van der Waals surface area contributed by atoms with Gasteiger partial charge >= 0.3 is 5.97 Å². The van der Waals surface area contributed by atoms with Gasteiger partial charge in [0.15, 0.2) is 5.96 Å². The number of primary amides is 1. The molecule has 0 unspecified atom stereocenters. The molecule has 0 aliphatic carbocycles. The van der Waals surface area contributed by atoms with Crippen LogP contribution in [0.5, 0.6) is 0 Å². The molecule has 12 N–H and O–H groups in total. The second kappa shape index (κ2) is 22.5. The number of aliphatic imine (C=N–C) groups is 1. The van der Waals surface area contributed by atoms with Crippen LogP contribution in [0.3, 0.4) is 0 Å². The van der Waals surface area contributed by atoms with Gasteiger partial charge in [0.05, 0.1) is 6.42 Å². The highest BCUT2D eigenvalue weighted by Gasteiger charge is 2.33. The van der Waals surface area contributed by atoms with Crippen molar-refractivity contribution in [2.75, 3.05) is 6.54 Å². The number of aliphatic carboxylic acids is 1. The molecular weight excluding hydrogens is 662 g/mol. The number of guanidine groups is 1. The van der Waals surface area contributed by atoms with Gasteiger partial charge in [-0.25, -0.2) is 4.79 Å². The summed E-state index contributed by atoms with van der Waals surface area (Å²) in [5, 5.41) is 22.5. The van der Waals surface area contributed by atoms with Crippen molar-refractivity contribution in [2.24, 2.45) is 34.0 Å². The van der Waals surface area contributed by atoms with E-state index in [-0.39, 0.29) is 68.8 Å². The highest BCUT2D eigenvalue weighted by Crippen LogP contribution is 2.12. The van der Waals surface area contributed by atoms with Crippen LogP contribution < -0.4 is 43.8 Å². The minimum atomic E-state index is -1.65. The first-order valence-electron chi connectivity index (χ1n) is 17.0. The number of rotatable bonds is 23. The van der Waals surface area contributed by atoms with E-state index in [0.717, 1.165) is 5.56 Å². The predicted octanol–water partition coefficient (Wildman–Crippen LogP) is -0.831. The Morgan fingerprint density at radius 2 is 1.16 bits per heavy atom. The third-order valence-electron chi connectivity index (χ3n) is 7.53. The molecular formula is C34H55N9O8. The zero-order chi connectivity index (χ0) is 38.7. The van der Waals surface area contributed by atoms with Gasteiger partial charge < -0.3 is 48.9 Å².